The monoisotopic (exact) mass is 304 g/mol. The highest BCUT2D eigenvalue weighted by Crippen LogP contribution is 2.38. The molecule has 0 saturated heterocycles. The van der Waals surface area contributed by atoms with Crippen LogP contribution in [0, 0.1) is 0 Å². The third-order valence-corrected chi connectivity index (χ3v) is 4.87. The molecule has 102 valence electrons. The van der Waals surface area contributed by atoms with Crippen LogP contribution in [-0.2, 0) is 11.2 Å². The van der Waals surface area contributed by atoms with Gasteiger partial charge in [-0.2, -0.15) is 0 Å². The van der Waals surface area contributed by atoms with Crippen LogP contribution in [0.5, 0.6) is 0 Å². The number of carbonyl (C=O) groups is 1. The molecule has 0 spiro atoms. The summed E-state index contributed by atoms with van der Waals surface area (Å²) in [4.78, 5) is 13.5. The molecule has 0 radical (unpaired) electrons. The second kappa shape index (κ2) is 5.38. The average Bonchev–Trinajstić information content (AvgIpc) is 2.87. The predicted molar refractivity (Wildman–Crippen MR) is 84.3 cm³/mol. The molecule has 0 aliphatic carbocycles. The van der Waals surface area contributed by atoms with Gasteiger partial charge in [0.15, 0.2) is 0 Å². The van der Waals surface area contributed by atoms with Gasteiger partial charge < -0.3 is 11.1 Å². The molecule has 0 bridgehead atoms. The molecule has 0 aromatic heterocycles. The van der Waals surface area contributed by atoms with Crippen molar-refractivity contribution in [3.05, 3.63) is 53.1 Å². The van der Waals surface area contributed by atoms with Crippen LogP contribution in [0.3, 0.4) is 0 Å². The van der Waals surface area contributed by atoms with Crippen LogP contribution >= 0.6 is 23.4 Å². The standard InChI is InChI=1S/C15H13ClN2OS/c16-10-5-3-6-11(17)14(10)18-15(19)13-8-9-4-1-2-7-12(9)20-13/h1-7,13H,8,17H2,(H,18,19). The zero-order valence-corrected chi connectivity index (χ0v) is 12.2. The number of benzene rings is 2. The molecule has 0 fully saturated rings. The number of carbonyl (C=O) groups excluding carboxylic acids is 1. The van der Waals surface area contributed by atoms with E-state index in [2.05, 4.69) is 11.4 Å². The fraction of sp³-hybridized carbons (Fsp3) is 0.133. The lowest BCUT2D eigenvalue weighted by Crippen LogP contribution is -2.25. The van der Waals surface area contributed by atoms with Crippen molar-refractivity contribution in [3.8, 4) is 0 Å². The van der Waals surface area contributed by atoms with Crippen molar-refractivity contribution in [1.29, 1.82) is 0 Å². The summed E-state index contributed by atoms with van der Waals surface area (Å²) in [6.45, 7) is 0. The van der Waals surface area contributed by atoms with Crippen LogP contribution in [-0.4, -0.2) is 11.2 Å². The minimum atomic E-state index is -0.136. The van der Waals surface area contributed by atoms with Crippen LogP contribution in [0.25, 0.3) is 0 Å². The highest BCUT2D eigenvalue weighted by molar-refractivity contribution is 8.01. The summed E-state index contributed by atoms with van der Waals surface area (Å²) >= 11 is 7.65. The second-order valence-corrected chi connectivity index (χ2v) is 6.26. The lowest BCUT2D eigenvalue weighted by Gasteiger charge is -2.13. The Kier molecular flexibility index (Phi) is 3.59. The molecule has 0 saturated carbocycles. The molecule has 3 N–H and O–H groups in total. The summed E-state index contributed by atoms with van der Waals surface area (Å²) in [7, 11) is 0. The smallest absolute Gasteiger partial charge is 0.238 e. The number of hydrogen-bond acceptors (Lipinski definition) is 3. The summed E-state index contributed by atoms with van der Waals surface area (Å²) in [5.74, 6) is -0.0639. The SMILES string of the molecule is Nc1cccc(Cl)c1NC(=O)C1Cc2ccccc2S1. The Morgan fingerprint density at radius 2 is 2.05 bits per heavy atom. The molecule has 3 rings (SSSR count). The third-order valence-electron chi connectivity index (χ3n) is 3.23. The molecule has 20 heavy (non-hydrogen) atoms. The zero-order valence-electron chi connectivity index (χ0n) is 10.6. The Labute approximate surface area is 126 Å². The maximum Gasteiger partial charge on any atom is 0.238 e. The number of anilines is 2. The van der Waals surface area contributed by atoms with E-state index in [4.69, 9.17) is 17.3 Å². The zero-order chi connectivity index (χ0) is 14.1. The van der Waals surface area contributed by atoms with Crippen LogP contribution in [0.1, 0.15) is 5.56 Å². The van der Waals surface area contributed by atoms with E-state index in [0.717, 1.165) is 6.42 Å². The topological polar surface area (TPSA) is 55.1 Å². The van der Waals surface area contributed by atoms with Gasteiger partial charge in [0.1, 0.15) is 0 Å². The summed E-state index contributed by atoms with van der Waals surface area (Å²) in [5, 5.41) is 3.16. The van der Waals surface area contributed by atoms with Crippen molar-refractivity contribution in [3.63, 3.8) is 0 Å². The van der Waals surface area contributed by atoms with Gasteiger partial charge in [0, 0.05) is 4.90 Å². The highest BCUT2D eigenvalue weighted by atomic mass is 35.5. The summed E-state index contributed by atoms with van der Waals surface area (Å²) in [6.07, 6.45) is 0.733. The van der Waals surface area contributed by atoms with Crippen molar-refractivity contribution in [2.24, 2.45) is 0 Å². The van der Waals surface area contributed by atoms with Gasteiger partial charge >= 0.3 is 0 Å². The molecule has 1 aliphatic heterocycles. The molecule has 5 heteroatoms. The molecule has 1 aliphatic rings. The van der Waals surface area contributed by atoms with E-state index < -0.39 is 0 Å². The minimum absolute atomic E-state index is 0.0639. The van der Waals surface area contributed by atoms with Gasteiger partial charge in [0.2, 0.25) is 5.91 Å². The molecular weight excluding hydrogens is 292 g/mol. The number of para-hydroxylation sites is 1. The summed E-state index contributed by atoms with van der Waals surface area (Å²) < 4.78 is 0. The van der Waals surface area contributed by atoms with Crippen LogP contribution in [0.2, 0.25) is 5.02 Å². The Morgan fingerprint density at radius 1 is 1.25 bits per heavy atom. The predicted octanol–water partition coefficient (Wildman–Crippen LogP) is 3.58. The normalized spacial score (nSPS) is 16.8. The van der Waals surface area contributed by atoms with Crippen molar-refractivity contribution < 1.29 is 4.79 Å². The fourth-order valence-corrected chi connectivity index (χ4v) is 3.63. The van der Waals surface area contributed by atoms with Crippen molar-refractivity contribution >= 4 is 40.6 Å². The largest absolute Gasteiger partial charge is 0.397 e. The van der Waals surface area contributed by atoms with Gasteiger partial charge in [-0.25, -0.2) is 0 Å². The molecule has 1 atom stereocenters. The average molecular weight is 305 g/mol. The highest BCUT2D eigenvalue weighted by Gasteiger charge is 2.28. The minimum Gasteiger partial charge on any atom is -0.397 e. The van der Waals surface area contributed by atoms with Gasteiger partial charge in [0.05, 0.1) is 21.6 Å². The Balaban J connectivity index is 1.76. The van der Waals surface area contributed by atoms with Gasteiger partial charge in [-0.3, -0.25) is 4.79 Å². The molecule has 2 aromatic carbocycles. The molecule has 1 heterocycles. The first-order chi connectivity index (χ1) is 9.65. The van der Waals surface area contributed by atoms with E-state index in [1.807, 2.05) is 18.2 Å². The van der Waals surface area contributed by atoms with E-state index in [9.17, 15) is 4.79 Å². The van der Waals surface area contributed by atoms with E-state index in [-0.39, 0.29) is 11.2 Å². The first-order valence-electron chi connectivity index (χ1n) is 6.24. The van der Waals surface area contributed by atoms with Gasteiger partial charge in [-0.15, -0.1) is 11.8 Å². The number of amides is 1. The van der Waals surface area contributed by atoms with Gasteiger partial charge in [-0.1, -0.05) is 35.9 Å². The first-order valence-corrected chi connectivity index (χ1v) is 7.50. The number of nitrogens with one attached hydrogen (secondary N) is 1. The summed E-state index contributed by atoms with van der Waals surface area (Å²) in [5.41, 5.74) is 8.03. The first kappa shape index (κ1) is 13.3. The molecule has 2 aromatic rings. The lowest BCUT2D eigenvalue weighted by molar-refractivity contribution is -0.115. The van der Waals surface area contributed by atoms with Gasteiger partial charge in [0.25, 0.3) is 0 Å². The Bertz CT molecular complexity index is 629. The van der Waals surface area contributed by atoms with Crippen LogP contribution in [0.4, 0.5) is 11.4 Å². The second-order valence-electron chi connectivity index (χ2n) is 4.61. The lowest BCUT2D eigenvalue weighted by atomic mass is 10.1. The van der Waals surface area contributed by atoms with Crippen LogP contribution in [0.15, 0.2) is 47.4 Å². The van der Waals surface area contributed by atoms with Crippen LogP contribution < -0.4 is 11.1 Å². The van der Waals surface area contributed by atoms with E-state index in [1.54, 1.807) is 30.0 Å². The van der Waals surface area contributed by atoms with Gasteiger partial charge in [-0.05, 0) is 30.2 Å². The number of halogens is 1. The molecule has 1 unspecified atom stereocenters. The number of thioether (sulfide) groups is 1. The Hall–Kier alpha value is -1.65. The number of nitrogens with two attached hydrogens (primary N) is 1. The van der Waals surface area contributed by atoms with E-state index >= 15 is 0 Å². The third kappa shape index (κ3) is 2.49. The quantitative estimate of drug-likeness (QED) is 0.834. The van der Waals surface area contributed by atoms with E-state index in [1.165, 1.54) is 10.5 Å². The number of nitrogen functional groups attached to an aromatic ring is 1. The number of fused-ring (bicyclic) bond motifs is 1. The maximum atomic E-state index is 12.3. The molecule has 1 amide bonds. The maximum absolute atomic E-state index is 12.3. The van der Waals surface area contributed by atoms with E-state index in [0.29, 0.717) is 16.4 Å². The number of hydrogen-bond donors (Lipinski definition) is 2. The van der Waals surface area contributed by atoms with Crippen molar-refractivity contribution in [2.45, 2.75) is 16.6 Å². The molecule has 3 nitrogen and oxygen atoms in total. The molecular formula is C15H13ClN2OS. The number of rotatable bonds is 2. The Morgan fingerprint density at radius 3 is 2.80 bits per heavy atom. The van der Waals surface area contributed by atoms with Crippen molar-refractivity contribution in [2.75, 3.05) is 11.1 Å². The fourth-order valence-electron chi connectivity index (χ4n) is 2.20. The summed E-state index contributed by atoms with van der Waals surface area (Å²) in [6, 6.07) is 13.3. The van der Waals surface area contributed by atoms with Crippen molar-refractivity contribution in [1.82, 2.24) is 0 Å².